The van der Waals surface area contributed by atoms with Gasteiger partial charge in [-0.25, -0.2) is 0 Å². The predicted octanol–water partition coefficient (Wildman–Crippen LogP) is 4.01. The van der Waals surface area contributed by atoms with E-state index in [1.54, 1.807) is 17.2 Å². The molecule has 148 valence electrons. The van der Waals surface area contributed by atoms with Gasteiger partial charge in [-0.1, -0.05) is 30.3 Å². The van der Waals surface area contributed by atoms with Crippen LogP contribution in [-0.2, 0) is 9.59 Å². The van der Waals surface area contributed by atoms with Crippen LogP contribution < -0.4 is 15.0 Å². The fourth-order valence-electron chi connectivity index (χ4n) is 3.58. The molecule has 1 saturated heterocycles. The summed E-state index contributed by atoms with van der Waals surface area (Å²) >= 11 is 0. The van der Waals surface area contributed by atoms with Crippen LogP contribution in [0.3, 0.4) is 0 Å². The molecule has 0 radical (unpaired) electrons. The van der Waals surface area contributed by atoms with Gasteiger partial charge in [0.15, 0.2) is 0 Å². The van der Waals surface area contributed by atoms with Crippen molar-refractivity contribution in [3.63, 3.8) is 0 Å². The molecule has 6 heteroatoms. The summed E-state index contributed by atoms with van der Waals surface area (Å²) in [6.45, 7) is 4.20. The summed E-state index contributed by atoms with van der Waals surface area (Å²) in [6, 6.07) is 16.9. The number of ether oxygens (including phenoxy) is 1. The maximum absolute atomic E-state index is 12.9. The quantitative estimate of drug-likeness (QED) is 0.716. The lowest BCUT2D eigenvalue weighted by molar-refractivity contribution is -0.122. The Labute approximate surface area is 169 Å². The number of para-hydroxylation sites is 3. The molecule has 1 N–H and O–H groups in total. The molecule has 3 aromatic rings. The Morgan fingerprint density at radius 1 is 1.14 bits per heavy atom. The highest BCUT2D eigenvalue weighted by Gasteiger charge is 2.36. The lowest BCUT2D eigenvalue weighted by atomic mass is 10.1. The third kappa shape index (κ3) is 3.92. The molecule has 29 heavy (non-hydrogen) atoms. The van der Waals surface area contributed by atoms with Crippen LogP contribution in [0.15, 0.2) is 60.8 Å². The summed E-state index contributed by atoms with van der Waals surface area (Å²) in [6.07, 6.45) is 1.88. The summed E-state index contributed by atoms with van der Waals surface area (Å²) in [5, 5.41) is 3.89. The predicted molar refractivity (Wildman–Crippen MR) is 113 cm³/mol. The number of hydrogen-bond donors (Lipinski definition) is 1. The van der Waals surface area contributed by atoms with Gasteiger partial charge in [0, 0.05) is 24.5 Å². The van der Waals surface area contributed by atoms with Crippen LogP contribution in [0.5, 0.6) is 5.75 Å². The van der Waals surface area contributed by atoms with E-state index in [1.165, 1.54) is 0 Å². The maximum atomic E-state index is 12.9. The van der Waals surface area contributed by atoms with Crippen molar-refractivity contribution in [1.29, 1.82) is 0 Å². The molecule has 0 spiro atoms. The van der Waals surface area contributed by atoms with Crippen molar-refractivity contribution in [1.82, 2.24) is 4.98 Å². The molecule has 0 aliphatic carbocycles. The second-order valence-electron chi connectivity index (χ2n) is 7.41. The number of nitrogens with one attached hydrogen (secondary N) is 1. The first-order chi connectivity index (χ1) is 14.0. The Hall–Kier alpha value is -3.41. The number of pyridine rings is 1. The van der Waals surface area contributed by atoms with E-state index in [1.807, 2.05) is 62.4 Å². The molecule has 2 heterocycles. The van der Waals surface area contributed by atoms with E-state index in [-0.39, 0.29) is 24.3 Å². The van der Waals surface area contributed by atoms with E-state index in [0.29, 0.717) is 18.0 Å². The number of amides is 2. The molecule has 1 fully saturated rings. The second kappa shape index (κ2) is 7.91. The third-order valence-electron chi connectivity index (χ3n) is 4.91. The van der Waals surface area contributed by atoms with E-state index in [4.69, 9.17) is 4.74 Å². The highest BCUT2D eigenvalue weighted by Crippen LogP contribution is 2.32. The first-order valence-corrected chi connectivity index (χ1v) is 9.73. The van der Waals surface area contributed by atoms with Crippen molar-refractivity contribution in [2.75, 3.05) is 16.8 Å². The second-order valence-corrected chi connectivity index (χ2v) is 7.41. The number of carbonyl (C=O) groups excluding carboxylic acids is 2. The largest absolute Gasteiger partial charge is 0.489 e. The number of anilines is 2. The minimum atomic E-state index is -0.437. The summed E-state index contributed by atoms with van der Waals surface area (Å²) in [4.78, 5) is 31.7. The van der Waals surface area contributed by atoms with E-state index >= 15 is 0 Å². The van der Waals surface area contributed by atoms with E-state index < -0.39 is 5.92 Å². The molecule has 4 rings (SSSR count). The van der Waals surface area contributed by atoms with Crippen LogP contribution in [0.25, 0.3) is 10.9 Å². The van der Waals surface area contributed by atoms with Gasteiger partial charge in [0.05, 0.1) is 28.9 Å². The van der Waals surface area contributed by atoms with Gasteiger partial charge in [0.1, 0.15) is 5.75 Å². The number of hydrogen-bond acceptors (Lipinski definition) is 4. The van der Waals surface area contributed by atoms with Crippen molar-refractivity contribution in [2.45, 2.75) is 26.4 Å². The highest BCUT2D eigenvalue weighted by molar-refractivity contribution is 6.07. The summed E-state index contributed by atoms with van der Waals surface area (Å²) in [7, 11) is 0. The number of benzene rings is 2. The molecule has 1 aromatic heterocycles. The number of rotatable bonds is 5. The van der Waals surface area contributed by atoms with Gasteiger partial charge < -0.3 is 15.0 Å². The number of nitrogens with zero attached hydrogens (tertiary/aromatic N) is 2. The Balaban J connectivity index is 1.53. The smallest absolute Gasteiger partial charge is 0.229 e. The van der Waals surface area contributed by atoms with Gasteiger partial charge in [0.25, 0.3) is 0 Å². The third-order valence-corrected chi connectivity index (χ3v) is 4.91. The Morgan fingerprint density at radius 3 is 2.76 bits per heavy atom. The summed E-state index contributed by atoms with van der Waals surface area (Å²) < 4.78 is 5.77. The molecule has 2 amide bonds. The normalized spacial score (nSPS) is 16.4. The fraction of sp³-hybridized carbons (Fsp3) is 0.261. The molecule has 1 aliphatic rings. The van der Waals surface area contributed by atoms with Crippen LogP contribution in [-0.4, -0.2) is 29.4 Å². The number of carbonyl (C=O) groups is 2. The van der Waals surface area contributed by atoms with Gasteiger partial charge in [-0.05, 0) is 38.1 Å². The Bertz CT molecular complexity index is 1060. The van der Waals surface area contributed by atoms with Gasteiger partial charge >= 0.3 is 0 Å². The monoisotopic (exact) mass is 389 g/mol. The molecule has 1 unspecified atom stereocenters. The Morgan fingerprint density at radius 2 is 1.93 bits per heavy atom. The Kier molecular flexibility index (Phi) is 5.16. The summed E-state index contributed by atoms with van der Waals surface area (Å²) in [5.41, 5.74) is 2.12. The topological polar surface area (TPSA) is 71.5 Å². The number of fused-ring (bicyclic) bond motifs is 1. The molecule has 1 atom stereocenters. The van der Waals surface area contributed by atoms with E-state index in [0.717, 1.165) is 16.6 Å². The summed E-state index contributed by atoms with van der Waals surface area (Å²) in [5.74, 6) is -0.0762. The number of aromatic nitrogens is 1. The van der Waals surface area contributed by atoms with Crippen molar-refractivity contribution in [3.8, 4) is 5.75 Å². The molecule has 0 saturated carbocycles. The highest BCUT2D eigenvalue weighted by atomic mass is 16.5. The van der Waals surface area contributed by atoms with Gasteiger partial charge in [0.2, 0.25) is 11.8 Å². The van der Waals surface area contributed by atoms with Crippen LogP contribution in [0.1, 0.15) is 20.3 Å². The SMILES string of the molecule is CC(C)Oc1ccccc1NC(=O)C1CC(=O)N(c2cccc3cccnc23)C1. The molecule has 6 nitrogen and oxygen atoms in total. The van der Waals surface area contributed by atoms with Gasteiger partial charge in [-0.3, -0.25) is 14.6 Å². The van der Waals surface area contributed by atoms with Gasteiger partial charge in [-0.15, -0.1) is 0 Å². The minimum absolute atomic E-state index is 0.00420. The fourth-order valence-corrected chi connectivity index (χ4v) is 3.58. The van der Waals surface area contributed by atoms with Crippen molar-refractivity contribution < 1.29 is 14.3 Å². The van der Waals surface area contributed by atoms with Gasteiger partial charge in [-0.2, -0.15) is 0 Å². The molecule has 2 aromatic carbocycles. The van der Waals surface area contributed by atoms with Crippen LogP contribution >= 0.6 is 0 Å². The van der Waals surface area contributed by atoms with Crippen molar-refractivity contribution >= 4 is 34.1 Å². The first kappa shape index (κ1) is 18.9. The molecular formula is C23H23N3O3. The first-order valence-electron chi connectivity index (χ1n) is 9.73. The molecule has 0 bridgehead atoms. The molecule has 1 aliphatic heterocycles. The van der Waals surface area contributed by atoms with Crippen molar-refractivity contribution in [2.24, 2.45) is 5.92 Å². The van der Waals surface area contributed by atoms with E-state index in [9.17, 15) is 9.59 Å². The molecular weight excluding hydrogens is 366 g/mol. The van der Waals surface area contributed by atoms with Crippen molar-refractivity contribution in [3.05, 3.63) is 60.8 Å². The maximum Gasteiger partial charge on any atom is 0.229 e. The minimum Gasteiger partial charge on any atom is -0.489 e. The zero-order valence-corrected chi connectivity index (χ0v) is 16.5. The zero-order valence-electron chi connectivity index (χ0n) is 16.5. The average molecular weight is 389 g/mol. The lowest BCUT2D eigenvalue weighted by Crippen LogP contribution is -2.28. The lowest BCUT2D eigenvalue weighted by Gasteiger charge is -2.19. The van der Waals surface area contributed by atoms with E-state index in [2.05, 4.69) is 10.3 Å². The average Bonchev–Trinajstić information content (AvgIpc) is 3.10. The standard InChI is InChI=1S/C23H23N3O3/c1-15(2)29-20-11-4-3-9-18(20)25-23(28)17-13-21(27)26(14-17)19-10-5-7-16-8-6-12-24-22(16)19/h3-12,15,17H,13-14H2,1-2H3,(H,25,28). The zero-order chi connectivity index (χ0) is 20.4. The van der Waals surface area contributed by atoms with Crippen LogP contribution in [0.4, 0.5) is 11.4 Å². The van der Waals surface area contributed by atoms with Crippen LogP contribution in [0, 0.1) is 5.92 Å². The van der Waals surface area contributed by atoms with Crippen LogP contribution in [0.2, 0.25) is 0 Å².